The zero-order valence-corrected chi connectivity index (χ0v) is 14.6. The van der Waals surface area contributed by atoms with E-state index in [9.17, 15) is 9.59 Å². The molecule has 0 fully saturated rings. The monoisotopic (exact) mass is 341 g/mol. The third kappa shape index (κ3) is 7.88. The van der Waals surface area contributed by atoms with Crippen LogP contribution in [0, 0.1) is 5.92 Å². The molecule has 5 nitrogen and oxygen atoms in total. The lowest BCUT2D eigenvalue weighted by Gasteiger charge is -2.16. The van der Waals surface area contributed by atoms with Crippen molar-refractivity contribution >= 4 is 23.7 Å². The molecule has 1 amide bonds. The fourth-order valence-electron chi connectivity index (χ4n) is 2.03. The Bertz CT molecular complexity index is 502. The van der Waals surface area contributed by atoms with Crippen LogP contribution in [0.25, 0.3) is 0 Å². The molecule has 1 N–H and O–H groups in total. The van der Waals surface area contributed by atoms with Gasteiger partial charge < -0.3 is 14.8 Å². The molecule has 0 unspecified atom stereocenters. The second-order valence-corrected chi connectivity index (χ2v) is 6.14. The average molecular weight is 342 g/mol. The number of esters is 1. The highest BCUT2D eigenvalue weighted by molar-refractivity contribution is 6.30. The summed E-state index contributed by atoms with van der Waals surface area (Å²) in [5.41, 5.74) is 1.10. The van der Waals surface area contributed by atoms with Gasteiger partial charge in [-0.25, -0.2) is 4.79 Å². The minimum atomic E-state index is -0.602. The predicted octanol–water partition coefficient (Wildman–Crippen LogP) is 4.11. The van der Waals surface area contributed by atoms with Gasteiger partial charge in [0.05, 0.1) is 0 Å². The molecule has 128 valence electrons. The molecule has 0 aromatic heterocycles. The van der Waals surface area contributed by atoms with Crippen molar-refractivity contribution in [3.8, 4) is 0 Å². The molecule has 0 saturated heterocycles. The topological polar surface area (TPSA) is 64.6 Å². The molecule has 0 aliphatic heterocycles. The van der Waals surface area contributed by atoms with Gasteiger partial charge in [0.2, 0.25) is 6.79 Å². The third-order valence-corrected chi connectivity index (χ3v) is 3.56. The number of amides is 1. The normalized spacial score (nSPS) is 11.9. The maximum Gasteiger partial charge on any atom is 0.410 e. The van der Waals surface area contributed by atoms with E-state index < -0.39 is 6.09 Å². The Kier molecular flexibility index (Phi) is 8.48. The quantitative estimate of drug-likeness (QED) is 0.571. The summed E-state index contributed by atoms with van der Waals surface area (Å²) in [5, 5.41) is 3.36. The highest BCUT2D eigenvalue weighted by Gasteiger charge is 2.12. The van der Waals surface area contributed by atoms with Crippen molar-refractivity contribution in [3.63, 3.8) is 0 Å². The van der Waals surface area contributed by atoms with E-state index in [4.69, 9.17) is 21.1 Å². The number of ether oxygens (including phenoxy) is 2. The van der Waals surface area contributed by atoms with Crippen molar-refractivity contribution in [2.24, 2.45) is 5.92 Å². The molecule has 0 radical (unpaired) electrons. The Hall–Kier alpha value is -1.75. The fourth-order valence-corrected chi connectivity index (χ4v) is 2.16. The van der Waals surface area contributed by atoms with Crippen LogP contribution < -0.4 is 5.32 Å². The van der Waals surface area contributed by atoms with Crippen LogP contribution >= 0.6 is 11.6 Å². The van der Waals surface area contributed by atoms with E-state index in [-0.39, 0.29) is 24.6 Å². The molecule has 6 heteroatoms. The standard InChI is InChI=1S/C17H24ClNO4/c1-4-13(14-5-7-15(18)8-6-14)10-19-17(21)23-11-22-16(20)9-12(2)3/h5-8,12-13H,4,9-11H2,1-3H3,(H,19,21)/t13-/m0/s1. The number of hydrogen-bond acceptors (Lipinski definition) is 4. The van der Waals surface area contributed by atoms with Gasteiger partial charge in [0.25, 0.3) is 0 Å². The van der Waals surface area contributed by atoms with Crippen molar-refractivity contribution in [1.29, 1.82) is 0 Å². The van der Waals surface area contributed by atoms with Gasteiger partial charge in [0, 0.05) is 23.9 Å². The summed E-state index contributed by atoms with van der Waals surface area (Å²) in [6.07, 6.45) is 0.569. The number of halogens is 1. The SMILES string of the molecule is CC[C@@H](CNC(=O)OCOC(=O)CC(C)C)c1ccc(Cl)cc1. The lowest BCUT2D eigenvalue weighted by Crippen LogP contribution is -2.30. The first-order chi connectivity index (χ1) is 10.9. The summed E-state index contributed by atoms with van der Waals surface area (Å²) < 4.78 is 9.65. The van der Waals surface area contributed by atoms with Gasteiger partial charge >= 0.3 is 12.1 Å². The van der Waals surface area contributed by atoms with E-state index >= 15 is 0 Å². The maximum atomic E-state index is 11.6. The summed E-state index contributed by atoms with van der Waals surface area (Å²) in [7, 11) is 0. The molecule has 0 spiro atoms. The zero-order valence-electron chi connectivity index (χ0n) is 13.8. The molecule has 1 aromatic rings. The number of benzene rings is 1. The molecular weight excluding hydrogens is 318 g/mol. The summed E-state index contributed by atoms with van der Waals surface area (Å²) in [6.45, 7) is 5.94. The van der Waals surface area contributed by atoms with Crippen LogP contribution in [0.15, 0.2) is 24.3 Å². The Morgan fingerprint density at radius 2 is 1.83 bits per heavy atom. The van der Waals surface area contributed by atoms with Crippen molar-refractivity contribution < 1.29 is 19.1 Å². The van der Waals surface area contributed by atoms with Crippen molar-refractivity contribution in [1.82, 2.24) is 5.32 Å². The minimum Gasteiger partial charge on any atom is -0.428 e. The smallest absolute Gasteiger partial charge is 0.410 e. The predicted molar refractivity (Wildman–Crippen MR) is 89.4 cm³/mol. The van der Waals surface area contributed by atoms with Crippen LogP contribution in [0.2, 0.25) is 5.02 Å². The van der Waals surface area contributed by atoms with E-state index in [1.807, 2.05) is 45.0 Å². The summed E-state index contributed by atoms with van der Waals surface area (Å²) >= 11 is 5.87. The molecule has 0 bridgehead atoms. The van der Waals surface area contributed by atoms with Gasteiger partial charge in [0.1, 0.15) is 0 Å². The van der Waals surface area contributed by atoms with Crippen molar-refractivity contribution in [3.05, 3.63) is 34.9 Å². The largest absolute Gasteiger partial charge is 0.428 e. The lowest BCUT2D eigenvalue weighted by atomic mass is 9.97. The van der Waals surface area contributed by atoms with Crippen LogP contribution in [0.1, 0.15) is 45.1 Å². The first-order valence-electron chi connectivity index (χ1n) is 7.74. The summed E-state index contributed by atoms with van der Waals surface area (Å²) in [6, 6.07) is 7.53. The second-order valence-electron chi connectivity index (χ2n) is 5.70. The minimum absolute atomic E-state index is 0.170. The van der Waals surface area contributed by atoms with Crippen LogP contribution in [-0.4, -0.2) is 25.4 Å². The number of rotatable bonds is 8. The van der Waals surface area contributed by atoms with Crippen LogP contribution in [0.5, 0.6) is 0 Å². The van der Waals surface area contributed by atoms with Gasteiger partial charge in [-0.05, 0) is 30.0 Å². The summed E-state index contributed by atoms with van der Waals surface area (Å²) in [4.78, 5) is 22.9. The molecule has 0 heterocycles. The van der Waals surface area contributed by atoms with E-state index in [2.05, 4.69) is 5.32 Å². The molecular formula is C17H24ClNO4. The number of carbonyl (C=O) groups excluding carboxylic acids is 2. The van der Waals surface area contributed by atoms with Crippen LogP contribution in [0.4, 0.5) is 4.79 Å². The van der Waals surface area contributed by atoms with Gasteiger partial charge in [-0.1, -0.05) is 44.5 Å². The van der Waals surface area contributed by atoms with E-state index in [0.717, 1.165) is 12.0 Å². The highest BCUT2D eigenvalue weighted by Crippen LogP contribution is 2.20. The van der Waals surface area contributed by atoms with Gasteiger partial charge in [0.15, 0.2) is 0 Å². The van der Waals surface area contributed by atoms with Gasteiger partial charge in [-0.2, -0.15) is 0 Å². The number of alkyl carbamates (subject to hydrolysis) is 1. The second kappa shape index (κ2) is 10.1. The number of nitrogens with one attached hydrogen (secondary N) is 1. The Morgan fingerprint density at radius 1 is 1.17 bits per heavy atom. The van der Waals surface area contributed by atoms with E-state index in [1.165, 1.54) is 0 Å². The van der Waals surface area contributed by atoms with Gasteiger partial charge in [-0.15, -0.1) is 0 Å². The number of hydrogen-bond donors (Lipinski definition) is 1. The van der Waals surface area contributed by atoms with Crippen LogP contribution in [-0.2, 0) is 14.3 Å². The maximum absolute atomic E-state index is 11.6. The molecule has 1 aromatic carbocycles. The Balaban J connectivity index is 2.31. The molecule has 1 atom stereocenters. The summed E-state index contributed by atoms with van der Waals surface area (Å²) in [5.74, 6) is 0.00437. The highest BCUT2D eigenvalue weighted by atomic mass is 35.5. The fraction of sp³-hybridized carbons (Fsp3) is 0.529. The molecule has 0 aliphatic rings. The molecule has 1 rings (SSSR count). The van der Waals surface area contributed by atoms with Crippen LogP contribution in [0.3, 0.4) is 0 Å². The van der Waals surface area contributed by atoms with E-state index in [1.54, 1.807) is 0 Å². The zero-order chi connectivity index (χ0) is 17.2. The first kappa shape index (κ1) is 19.3. The first-order valence-corrected chi connectivity index (χ1v) is 8.11. The molecule has 0 saturated carbocycles. The number of carbonyl (C=O) groups is 2. The lowest BCUT2D eigenvalue weighted by molar-refractivity contribution is -0.152. The third-order valence-electron chi connectivity index (χ3n) is 3.31. The Labute approximate surface area is 142 Å². The van der Waals surface area contributed by atoms with Crippen molar-refractivity contribution in [2.45, 2.75) is 39.5 Å². The van der Waals surface area contributed by atoms with Gasteiger partial charge in [-0.3, -0.25) is 4.79 Å². The Morgan fingerprint density at radius 3 is 2.39 bits per heavy atom. The molecule has 23 heavy (non-hydrogen) atoms. The van der Waals surface area contributed by atoms with E-state index in [0.29, 0.717) is 18.0 Å². The molecule has 0 aliphatic carbocycles. The average Bonchev–Trinajstić information content (AvgIpc) is 2.48. The van der Waals surface area contributed by atoms with Crippen molar-refractivity contribution in [2.75, 3.05) is 13.3 Å².